The van der Waals surface area contributed by atoms with E-state index in [-0.39, 0.29) is 19.2 Å². The summed E-state index contributed by atoms with van der Waals surface area (Å²) in [6.07, 6.45) is -2.50. The Morgan fingerprint density at radius 3 is 1.72 bits per heavy atom. The molecule has 0 fully saturated rings. The first-order valence-electron chi connectivity index (χ1n) is 11.0. The zero-order chi connectivity index (χ0) is 23.1. The molecule has 32 heavy (non-hydrogen) atoms. The van der Waals surface area contributed by atoms with Crippen LogP contribution < -0.4 is 0 Å². The highest BCUT2D eigenvalue weighted by Crippen LogP contribution is 2.35. The van der Waals surface area contributed by atoms with Gasteiger partial charge in [-0.2, -0.15) is 0 Å². The predicted octanol–water partition coefficient (Wildman–Crippen LogP) is 3.41. The standard InChI is InChI=1S/C27H33NO4/c1-19(26(31)22-11-7-4-8-12-22)28(2)17-24(30)25(21-9-5-3-6-10-21)27(32)23-15-13-20(18-29)14-16-23/h3-16,19,24-27,29-32H,17-18H2,1-2H3. The average Bonchev–Trinajstić information content (AvgIpc) is 2.84. The highest BCUT2D eigenvalue weighted by atomic mass is 16.3. The Morgan fingerprint density at radius 1 is 0.688 bits per heavy atom. The van der Waals surface area contributed by atoms with Gasteiger partial charge in [0.05, 0.1) is 24.9 Å². The molecule has 0 spiro atoms. The fraction of sp³-hybridized carbons (Fsp3) is 0.333. The Labute approximate surface area is 190 Å². The molecule has 0 bridgehead atoms. The largest absolute Gasteiger partial charge is 0.392 e. The van der Waals surface area contributed by atoms with E-state index in [1.54, 1.807) is 24.3 Å². The lowest BCUT2D eigenvalue weighted by atomic mass is 9.84. The van der Waals surface area contributed by atoms with Gasteiger partial charge in [0.2, 0.25) is 0 Å². The molecule has 3 aromatic rings. The molecule has 0 heterocycles. The maximum absolute atomic E-state index is 11.2. The lowest BCUT2D eigenvalue weighted by Gasteiger charge is -2.35. The third kappa shape index (κ3) is 5.82. The van der Waals surface area contributed by atoms with E-state index in [0.29, 0.717) is 5.56 Å². The van der Waals surface area contributed by atoms with E-state index in [9.17, 15) is 20.4 Å². The molecule has 5 heteroatoms. The summed E-state index contributed by atoms with van der Waals surface area (Å²) in [4.78, 5) is 1.92. The third-order valence-electron chi connectivity index (χ3n) is 6.21. The summed E-state index contributed by atoms with van der Waals surface area (Å²) in [5.74, 6) is -0.556. The molecular formula is C27H33NO4. The third-order valence-corrected chi connectivity index (χ3v) is 6.21. The predicted molar refractivity (Wildman–Crippen MR) is 126 cm³/mol. The van der Waals surface area contributed by atoms with Crippen molar-refractivity contribution in [1.82, 2.24) is 4.90 Å². The van der Waals surface area contributed by atoms with Crippen LogP contribution in [0.2, 0.25) is 0 Å². The number of hydrogen-bond acceptors (Lipinski definition) is 5. The molecule has 0 saturated heterocycles. The van der Waals surface area contributed by atoms with E-state index in [1.165, 1.54) is 0 Å². The van der Waals surface area contributed by atoms with Crippen LogP contribution in [0.3, 0.4) is 0 Å². The van der Waals surface area contributed by atoms with Gasteiger partial charge in [0.25, 0.3) is 0 Å². The van der Waals surface area contributed by atoms with Gasteiger partial charge in [0.1, 0.15) is 0 Å². The second-order valence-electron chi connectivity index (χ2n) is 8.38. The minimum atomic E-state index is -0.928. The number of aliphatic hydroxyl groups excluding tert-OH is 4. The average molecular weight is 436 g/mol. The van der Waals surface area contributed by atoms with E-state index in [0.717, 1.165) is 16.7 Å². The van der Waals surface area contributed by atoms with E-state index in [2.05, 4.69) is 0 Å². The van der Waals surface area contributed by atoms with E-state index in [1.807, 2.05) is 79.5 Å². The molecule has 170 valence electrons. The molecule has 0 aliphatic carbocycles. The summed E-state index contributed by atoms with van der Waals surface area (Å²) in [5.41, 5.74) is 3.10. The number of aliphatic hydroxyl groups is 4. The summed E-state index contributed by atoms with van der Waals surface area (Å²) in [5, 5.41) is 42.5. The van der Waals surface area contributed by atoms with Crippen molar-refractivity contribution in [2.75, 3.05) is 13.6 Å². The molecular weight excluding hydrogens is 402 g/mol. The minimum Gasteiger partial charge on any atom is -0.392 e. The Bertz CT molecular complexity index is 933. The zero-order valence-corrected chi connectivity index (χ0v) is 18.6. The molecule has 4 N–H and O–H groups in total. The first-order chi connectivity index (χ1) is 15.4. The second kappa shape index (κ2) is 11.4. The summed E-state index contributed by atoms with van der Waals surface area (Å²) in [6, 6.07) is 25.8. The fourth-order valence-corrected chi connectivity index (χ4v) is 4.06. The number of hydrogen-bond donors (Lipinski definition) is 4. The maximum atomic E-state index is 11.2. The van der Waals surface area contributed by atoms with E-state index >= 15 is 0 Å². The van der Waals surface area contributed by atoms with Gasteiger partial charge in [-0.25, -0.2) is 0 Å². The first kappa shape index (κ1) is 24.1. The number of benzene rings is 3. The SMILES string of the molecule is CC(C(O)c1ccccc1)N(C)CC(O)C(c1ccccc1)C(O)c1ccc(CO)cc1. The Kier molecular flexibility index (Phi) is 8.56. The van der Waals surface area contributed by atoms with Gasteiger partial charge in [-0.05, 0) is 36.2 Å². The summed E-state index contributed by atoms with van der Waals surface area (Å²) < 4.78 is 0. The lowest BCUT2D eigenvalue weighted by molar-refractivity contribution is 0.00650. The monoisotopic (exact) mass is 435 g/mol. The van der Waals surface area contributed by atoms with Gasteiger partial charge in [0, 0.05) is 18.5 Å². The van der Waals surface area contributed by atoms with Gasteiger partial charge < -0.3 is 20.4 Å². The van der Waals surface area contributed by atoms with Gasteiger partial charge >= 0.3 is 0 Å². The van der Waals surface area contributed by atoms with Crippen molar-refractivity contribution in [3.63, 3.8) is 0 Å². The smallest absolute Gasteiger partial charge is 0.0942 e. The number of nitrogens with zero attached hydrogens (tertiary/aromatic N) is 1. The van der Waals surface area contributed by atoms with Crippen molar-refractivity contribution in [2.45, 2.75) is 43.8 Å². The molecule has 3 aromatic carbocycles. The molecule has 5 atom stereocenters. The van der Waals surface area contributed by atoms with Crippen LogP contribution in [0.1, 0.15) is 47.3 Å². The molecule has 0 aliphatic rings. The van der Waals surface area contributed by atoms with E-state index < -0.39 is 24.2 Å². The van der Waals surface area contributed by atoms with Gasteiger partial charge in [-0.15, -0.1) is 0 Å². The van der Waals surface area contributed by atoms with Crippen LogP contribution in [0, 0.1) is 0 Å². The molecule has 0 radical (unpaired) electrons. The summed E-state index contributed by atoms with van der Waals surface area (Å²) in [7, 11) is 1.87. The van der Waals surface area contributed by atoms with Crippen LogP contribution in [0.5, 0.6) is 0 Å². The normalized spacial score (nSPS) is 16.3. The highest BCUT2D eigenvalue weighted by Gasteiger charge is 2.32. The molecule has 3 rings (SSSR count). The quantitative estimate of drug-likeness (QED) is 0.392. The minimum absolute atomic E-state index is 0.0620. The summed E-state index contributed by atoms with van der Waals surface area (Å²) >= 11 is 0. The van der Waals surface area contributed by atoms with E-state index in [4.69, 9.17) is 0 Å². The number of likely N-dealkylation sites (N-methyl/N-ethyl adjacent to an activating group) is 1. The van der Waals surface area contributed by atoms with Gasteiger partial charge in [-0.3, -0.25) is 4.90 Å². The first-order valence-corrected chi connectivity index (χ1v) is 11.0. The van der Waals surface area contributed by atoms with Crippen LogP contribution in [-0.4, -0.2) is 51.1 Å². The van der Waals surface area contributed by atoms with Crippen LogP contribution in [0.25, 0.3) is 0 Å². The maximum Gasteiger partial charge on any atom is 0.0942 e. The summed E-state index contributed by atoms with van der Waals surface area (Å²) in [6.45, 7) is 2.13. The van der Waals surface area contributed by atoms with Crippen molar-refractivity contribution >= 4 is 0 Å². The van der Waals surface area contributed by atoms with Crippen molar-refractivity contribution in [3.05, 3.63) is 107 Å². The molecule has 0 saturated carbocycles. The number of rotatable bonds is 10. The van der Waals surface area contributed by atoms with Crippen molar-refractivity contribution in [1.29, 1.82) is 0 Å². The topological polar surface area (TPSA) is 84.2 Å². The molecule has 5 unspecified atom stereocenters. The van der Waals surface area contributed by atoms with Crippen molar-refractivity contribution in [3.8, 4) is 0 Å². The highest BCUT2D eigenvalue weighted by molar-refractivity contribution is 5.30. The second-order valence-corrected chi connectivity index (χ2v) is 8.38. The van der Waals surface area contributed by atoms with Gasteiger partial charge in [0.15, 0.2) is 0 Å². The van der Waals surface area contributed by atoms with Crippen LogP contribution in [0.4, 0.5) is 0 Å². The molecule has 0 aromatic heterocycles. The van der Waals surface area contributed by atoms with Crippen LogP contribution in [0.15, 0.2) is 84.9 Å². The molecule has 0 amide bonds. The van der Waals surface area contributed by atoms with Crippen LogP contribution in [-0.2, 0) is 6.61 Å². The molecule has 0 aliphatic heterocycles. The van der Waals surface area contributed by atoms with Crippen molar-refractivity contribution in [2.24, 2.45) is 0 Å². The van der Waals surface area contributed by atoms with Crippen LogP contribution >= 0.6 is 0 Å². The van der Waals surface area contributed by atoms with Crippen molar-refractivity contribution < 1.29 is 20.4 Å². The lowest BCUT2D eigenvalue weighted by Crippen LogP contribution is -2.42. The van der Waals surface area contributed by atoms with Gasteiger partial charge in [-0.1, -0.05) is 84.9 Å². The Hall–Kier alpha value is -2.54. The Balaban J connectivity index is 1.79. The Morgan fingerprint density at radius 2 is 1.19 bits per heavy atom. The fourth-order valence-electron chi connectivity index (χ4n) is 4.06. The molecule has 5 nitrogen and oxygen atoms in total. The zero-order valence-electron chi connectivity index (χ0n) is 18.6.